The number of hydrogen-bond donors (Lipinski definition) is 0. The molecule has 1 aromatic rings. The van der Waals surface area contributed by atoms with Crippen LogP contribution < -0.4 is 21.2 Å². The standard InChI is InChI=1S/C9H11F3IN2/c1-13-5-15-7(6-2-3-6)4-8(14-15)9(10,11)12/h4,6H,2-3,5H2,1H3/q-1. The van der Waals surface area contributed by atoms with Gasteiger partial charge in [-0.1, -0.05) is 0 Å². The Bertz CT molecular complexity index is 355. The third kappa shape index (κ3) is 2.46. The number of nitrogens with zero attached hydrogens (tertiary/aromatic N) is 2. The molecule has 0 saturated heterocycles. The van der Waals surface area contributed by atoms with Crippen LogP contribution in [0.5, 0.6) is 0 Å². The van der Waals surface area contributed by atoms with Crippen LogP contribution in [0.3, 0.4) is 0 Å². The fourth-order valence-corrected chi connectivity index (χ4v) is 2.68. The van der Waals surface area contributed by atoms with E-state index in [4.69, 9.17) is 0 Å². The summed E-state index contributed by atoms with van der Waals surface area (Å²) in [6.07, 6.45) is -2.29. The van der Waals surface area contributed by atoms with Crippen LogP contribution in [0.4, 0.5) is 13.2 Å². The Labute approximate surface area is 96.1 Å². The minimum absolute atomic E-state index is 0.0760. The SMILES string of the molecule is C[I-]Cn1nc(C(F)(F)F)cc1C1CC1. The summed E-state index contributed by atoms with van der Waals surface area (Å²) in [5, 5.41) is 3.65. The number of alkyl halides is 5. The molecule has 15 heavy (non-hydrogen) atoms. The van der Waals surface area contributed by atoms with Gasteiger partial charge in [0.05, 0.1) is 0 Å². The van der Waals surface area contributed by atoms with Crippen molar-refractivity contribution >= 4 is 0 Å². The van der Waals surface area contributed by atoms with E-state index in [0.717, 1.165) is 18.5 Å². The molecule has 0 aromatic carbocycles. The topological polar surface area (TPSA) is 17.8 Å². The van der Waals surface area contributed by atoms with Gasteiger partial charge in [-0.2, -0.15) is 0 Å². The molecule has 1 fully saturated rings. The molecule has 0 N–H and O–H groups in total. The first-order valence-corrected chi connectivity index (χ1v) is 8.29. The van der Waals surface area contributed by atoms with E-state index in [9.17, 15) is 13.2 Å². The van der Waals surface area contributed by atoms with Gasteiger partial charge in [0.1, 0.15) is 0 Å². The molecule has 6 heteroatoms. The van der Waals surface area contributed by atoms with Crippen molar-refractivity contribution in [2.45, 2.75) is 29.5 Å². The molecule has 1 aliphatic carbocycles. The summed E-state index contributed by atoms with van der Waals surface area (Å²) in [6.45, 7) is 0. The van der Waals surface area contributed by atoms with E-state index < -0.39 is 11.9 Å². The quantitative estimate of drug-likeness (QED) is 0.537. The molecule has 0 bridgehead atoms. The van der Waals surface area contributed by atoms with E-state index in [0.29, 0.717) is 10.5 Å². The Kier molecular flexibility index (Phi) is 2.96. The van der Waals surface area contributed by atoms with Gasteiger partial charge in [-0.3, -0.25) is 0 Å². The molecule has 1 saturated carbocycles. The zero-order chi connectivity index (χ0) is 11.1. The molecular formula is C9H11F3IN2-. The van der Waals surface area contributed by atoms with Crippen LogP contribution in [0.1, 0.15) is 30.1 Å². The van der Waals surface area contributed by atoms with Crippen molar-refractivity contribution in [2.75, 3.05) is 4.93 Å². The van der Waals surface area contributed by atoms with Crippen molar-refractivity contribution in [3.63, 3.8) is 0 Å². The van der Waals surface area contributed by atoms with Crippen LogP contribution in [-0.2, 0) is 10.7 Å². The average molecular weight is 331 g/mol. The van der Waals surface area contributed by atoms with Gasteiger partial charge in [0.15, 0.2) is 0 Å². The monoisotopic (exact) mass is 331 g/mol. The average Bonchev–Trinajstić information content (AvgIpc) is 2.87. The van der Waals surface area contributed by atoms with Crippen molar-refractivity contribution in [1.29, 1.82) is 0 Å². The molecule has 0 amide bonds. The van der Waals surface area contributed by atoms with Crippen molar-refractivity contribution in [3.8, 4) is 0 Å². The number of hydrogen-bond acceptors (Lipinski definition) is 1. The Morgan fingerprint density at radius 3 is 2.67 bits per heavy atom. The van der Waals surface area contributed by atoms with E-state index in [2.05, 4.69) is 5.10 Å². The number of halogens is 4. The molecule has 0 atom stereocenters. The summed E-state index contributed by atoms with van der Waals surface area (Å²) < 4.78 is 39.6. The van der Waals surface area contributed by atoms with E-state index in [1.54, 1.807) is 4.68 Å². The van der Waals surface area contributed by atoms with Crippen LogP contribution >= 0.6 is 0 Å². The van der Waals surface area contributed by atoms with E-state index in [1.807, 2.05) is 4.93 Å². The van der Waals surface area contributed by atoms with E-state index >= 15 is 0 Å². The van der Waals surface area contributed by atoms with Crippen molar-refractivity contribution in [1.82, 2.24) is 9.78 Å². The third-order valence-corrected chi connectivity index (χ3v) is 3.66. The van der Waals surface area contributed by atoms with E-state index in [-0.39, 0.29) is 21.2 Å². The normalized spacial score (nSPS) is 17.3. The van der Waals surface area contributed by atoms with E-state index in [1.165, 1.54) is 6.07 Å². The maximum atomic E-state index is 12.4. The van der Waals surface area contributed by atoms with Crippen molar-refractivity contribution < 1.29 is 34.4 Å². The van der Waals surface area contributed by atoms with Crippen molar-refractivity contribution in [2.24, 2.45) is 0 Å². The number of rotatable bonds is 3. The number of aromatic nitrogens is 2. The first-order valence-electron chi connectivity index (χ1n) is 4.61. The summed E-state index contributed by atoms with van der Waals surface area (Å²) in [4.78, 5) is 2.05. The fourth-order valence-electron chi connectivity index (χ4n) is 1.49. The molecule has 86 valence electrons. The van der Waals surface area contributed by atoms with Gasteiger partial charge in [-0.25, -0.2) is 0 Å². The Morgan fingerprint density at radius 1 is 1.53 bits per heavy atom. The van der Waals surface area contributed by atoms with Gasteiger partial charge in [-0.15, -0.1) is 0 Å². The Morgan fingerprint density at radius 2 is 2.20 bits per heavy atom. The molecule has 0 spiro atoms. The molecule has 0 unspecified atom stereocenters. The second-order valence-electron chi connectivity index (χ2n) is 3.61. The molecule has 0 radical (unpaired) electrons. The first-order chi connectivity index (χ1) is 7.02. The van der Waals surface area contributed by atoms with Gasteiger partial charge in [0, 0.05) is 0 Å². The Hall–Kier alpha value is -0.270. The summed E-state index contributed by atoms with van der Waals surface area (Å²) in [7, 11) is 0. The van der Waals surface area contributed by atoms with Gasteiger partial charge >= 0.3 is 96.0 Å². The minimum atomic E-state index is -4.30. The molecule has 1 heterocycles. The van der Waals surface area contributed by atoms with Gasteiger partial charge in [0.25, 0.3) is 0 Å². The van der Waals surface area contributed by atoms with Gasteiger partial charge in [-0.05, 0) is 0 Å². The summed E-state index contributed by atoms with van der Waals surface area (Å²) in [5.41, 5.74) is 0.0470. The van der Waals surface area contributed by atoms with Crippen molar-refractivity contribution in [3.05, 3.63) is 17.5 Å². The van der Waals surface area contributed by atoms with Crippen LogP contribution in [0.2, 0.25) is 0 Å². The molecule has 0 aliphatic heterocycles. The molecule has 2 nitrogen and oxygen atoms in total. The fraction of sp³-hybridized carbons (Fsp3) is 0.667. The summed E-state index contributed by atoms with van der Waals surface area (Å²) in [6, 6.07) is 1.22. The summed E-state index contributed by atoms with van der Waals surface area (Å²) >= 11 is -0.0760. The van der Waals surface area contributed by atoms with Crippen LogP contribution in [0.15, 0.2) is 6.07 Å². The summed E-state index contributed by atoms with van der Waals surface area (Å²) in [5.74, 6) is 0.323. The zero-order valence-electron chi connectivity index (χ0n) is 8.18. The predicted molar refractivity (Wildman–Crippen MR) is 45.1 cm³/mol. The first kappa shape index (κ1) is 11.2. The van der Waals surface area contributed by atoms with Crippen LogP contribution in [0, 0.1) is 0 Å². The van der Waals surface area contributed by atoms with Gasteiger partial charge < -0.3 is 0 Å². The van der Waals surface area contributed by atoms with Crippen LogP contribution in [-0.4, -0.2) is 14.7 Å². The predicted octanol–water partition coefficient (Wildman–Crippen LogP) is -0.544. The van der Waals surface area contributed by atoms with Gasteiger partial charge in [0.2, 0.25) is 0 Å². The molecule has 1 aromatic heterocycles. The second kappa shape index (κ2) is 3.95. The zero-order valence-corrected chi connectivity index (χ0v) is 10.3. The molecule has 1 aliphatic rings. The maximum absolute atomic E-state index is 12.4. The molecular weight excluding hydrogens is 320 g/mol. The molecule has 2 rings (SSSR count). The van der Waals surface area contributed by atoms with Crippen LogP contribution in [0.25, 0.3) is 0 Å². The Balaban J connectivity index is 2.31. The second-order valence-corrected chi connectivity index (χ2v) is 5.82. The third-order valence-electron chi connectivity index (χ3n) is 2.33.